The van der Waals surface area contributed by atoms with Crippen LogP contribution in [0.2, 0.25) is 0 Å². The van der Waals surface area contributed by atoms with E-state index in [0.29, 0.717) is 12.5 Å². The van der Waals surface area contributed by atoms with Gasteiger partial charge in [0.2, 0.25) is 5.91 Å². The fourth-order valence-electron chi connectivity index (χ4n) is 3.28. The summed E-state index contributed by atoms with van der Waals surface area (Å²) in [6, 6.07) is 0. The van der Waals surface area contributed by atoms with Crippen molar-refractivity contribution in [3.63, 3.8) is 0 Å². The highest BCUT2D eigenvalue weighted by Gasteiger charge is 2.28. The van der Waals surface area contributed by atoms with Crippen molar-refractivity contribution < 1.29 is 9.53 Å². The van der Waals surface area contributed by atoms with Crippen molar-refractivity contribution in [2.24, 2.45) is 11.8 Å². The summed E-state index contributed by atoms with van der Waals surface area (Å²) in [4.78, 5) is 14.5. The maximum atomic E-state index is 12.4. The van der Waals surface area contributed by atoms with Crippen molar-refractivity contribution in [3.8, 4) is 0 Å². The molecule has 2 saturated heterocycles. The molecule has 2 aliphatic rings. The van der Waals surface area contributed by atoms with Crippen LogP contribution in [0, 0.1) is 11.8 Å². The molecule has 0 aromatic rings. The fourth-order valence-corrected chi connectivity index (χ4v) is 3.28. The van der Waals surface area contributed by atoms with Gasteiger partial charge in [0.15, 0.2) is 0 Å². The lowest BCUT2D eigenvalue weighted by Gasteiger charge is -2.28. The number of carbonyl (C=O) groups excluding carboxylic acids is 1. The summed E-state index contributed by atoms with van der Waals surface area (Å²) in [5.74, 6) is 1.34. The second-order valence-corrected chi connectivity index (χ2v) is 5.82. The minimum Gasteiger partial charge on any atom is -0.381 e. The predicted molar refractivity (Wildman–Crippen MR) is 72.4 cm³/mol. The van der Waals surface area contributed by atoms with Crippen LogP contribution in [0.1, 0.15) is 51.9 Å². The summed E-state index contributed by atoms with van der Waals surface area (Å²) in [6.07, 6.45) is 8.36. The van der Waals surface area contributed by atoms with Crippen LogP contribution in [0.4, 0.5) is 0 Å². The lowest BCUT2D eigenvalue weighted by molar-refractivity contribution is -0.139. The van der Waals surface area contributed by atoms with Crippen LogP contribution in [0.3, 0.4) is 0 Å². The van der Waals surface area contributed by atoms with Crippen LogP contribution in [0.15, 0.2) is 0 Å². The summed E-state index contributed by atoms with van der Waals surface area (Å²) < 4.78 is 5.44. The van der Waals surface area contributed by atoms with Crippen LogP contribution in [0.25, 0.3) is 0 Å². The number of carbonyl (C=O) groups is 1. The zero-order valence-electron chi connectivity index (χ0n) is 11.7. The largest absolute Gasteiger partial charge is 0.381 e. The number of nitrogens with zero attached hydrogens (tertiary/aromatic N) is 1. The first-order valence-electron chi connectivity index (χ1n) is 7.67. The minimum atomic E-state index is 0.140. The Bertz CT molecular complexity index is 261. The van der Waals surface area contributed by atoms with Gasteiger partial charge in [-0.3, -0.25) is 4.79 Å². The molecule has 2 aliphatic heterocycles. The van der Waals surface area contributed by atoms with E-state index in [1.54, 1.807) is 0 Å². The van der Waals surface area contributed by atoms with Gasteiger partial charge in [-0.1, -0.05) is 19.8 Å². The van der Waals surface area contributed by atoms with E-state index in [2.05, 4.69) is 11.8 Å². The molecular weight excluding hydrogens is 226 g/mol. The molecule has 2 rings (SSSR count). The number of ether oxygens (including phenoxy) is 1. The summed E-state index contributed by atoms with van der Waals surface area (Å²) in [7, 11) is 0. The molecule has 104 valence electrons. The Hall–Kier alpha value is -0.570. The number of amides is 1. The summed E-state index contributed by atoms with van der Waals surface area (Å²) in [6.45, 7) is 5.68. The van der Waals surface area contributed by atoms with Gasteiger partial charge >= 0.3 is 0 Å². The molecule has 2 fully saturated rings. The van der Waals surface area contributed by atoms with Crippen molar-refractivity contribution in [2.75, 3.05) is 26.3 Å². The summed E-state index contributed by atoms with van der Waals surface area (Å²) in [5, 5.41) is 0. The normalized spacial score (nSPS) is 29.9. The Morgan fingerprint density at radius 2 is 2.11 bits per heavy atom. The first-order chi connectivity index (χ1) is 8.81. The number of hydrogen-bond acceptors (Lipinski definition) is 2. The quantitative estimate of drug-likeness (QED) is 0.774. The lowest BCUT2D eigenvalue weighted by atomic mass is 9.96. The van der Waals surface area contributed by atoms with Crippen LogP contribution in [-0.2, 0) is 9.53 Å². The van der Waals surface area contributed by atoms with Gasteiger partial charge < -0.3 is 9.64 Å². The third-order valence-electron chi connectivity index (χ3n) is 4.37. The molecule has 1 amide bonds. The Kier molecular flexibility index (Phi) is 5.48. The average molecular weight is 253 g/mol. The van der Waals surface area contributed by atoms with E-state index in [0.717, 1.165) is 38.5 Å². The molecule has 2 heterocycles. The molecule has 0 aliphatic carbocycles. The van der Waals surface area contributed by atoms with Crippen LogP contribution >= 0.6 is 0 Å². The maximum Gasteiger partial charge on any atom is 0.228 e. The summed E-state index contributed by atoms with van der Waals surface area (Å²) >= 11 is 0. The van der Waals surface area contributed by atoms with E-state index in [-0.39, 0.29) is 5.92 Å². The first kappa shape index (κ1) is 13.9. The van der Waals surface area contributed by atoms with Gasteiger partial charge in [0, 0.05) is 19.7 Å². The number of likely N-dealkylation sites (tertiary alicyclic amines) is 1. The van der Waals surface area contributed by atoms with Crippen molar-refractivity contribution in [1.29, 1.82) is 0 Å². The van der Waals surface area contributed by atoms with Crippen LogP contribution in [0.5, 0.6) is 0 Å². The standard InChI is InChI=1S/C15H27NO2/c1-2-5-13-6-3-9-16(10-8-13)15(17)14-7-4-11-18-12-14/h13-14H,2-12H2,1H3. The highest BCUT2D eigenvalue weighted by atomic mass is 16.5. The Balaban J connectivity index is 1.82. The van der Waals surface area contributed by atoms with E-state index in [9.17, 15) is 4.79 Å². The second-order valence-electron chi connectivity index (χ2n) is 5.82. The van der Waals surface area contributed by atoms with Crippen molar-refractivity contribution in [3.05, 3.63) is 0 Å². The molecule has 0 aromatic carbocycles. The zero-order chi connectivity index (χ0) is 12.8. The molecule has 0 bridgehead atoms. The number of rotatable bonds is 3. The third-order valence-corrected chi connectivity index (χ3v) is 4.37. The van der Waals surface area contributed by atoms with E-state index < -0.39 is 0 Å². The average Bonchev–Trinajstić information content (AvgIpc) is 2.65. The summed E-state index contributed by atoms with van der Waals surface area (Å²) in [5.41, 5.74) is 0. The zero-order valence-corrected chi connectivity index (χ0v) is 11.7. The van der Waals surface area contributed by atoms with Gasteiger partial charge in [0.1, 0.15) is 0 Å². The van der Waals surface area contributed by atoms with Crippen molar-refractivity contribution in [1.82, 2.24) is 4.90 Å². The molecule has 3 heteroatoms. The molecular formula is C15H27NO2. The van der Waals surface area contributed by atoms with Gasteiger partial charge in [-0.25, -0.2) is 0 Å². The Morgan fingerprint density at radius 1 is 1.22 bits per heavy atom. The van der Waals surface area contributed by atoms with Crippen LogP contribution in [-0.4, -0.2) is 37.1 Å². The van der Waals surface area contributed by atoms with Crippen molar-refractivity contribution >= 4 is 5.91 Å². The molecule has 0 radical (unpaired) electrons. The molecule has 0 aromatic heterocycles. The molecule has 2 atom stereocenters. The van der Waals surface area contributed by atoms with Gasteiger partial charge in [0.25, 0.3) is 0 Å². The molecule has 0 N–H and O–H groups in total. The Labute approximate surface area is 111 Å². The molecule has 0 spiro atoms. The molecule has 18 heavy (non-hydrogen) atoms. The molecule has 2 unspecified atom stereocenters. The van der Waals surface area contributed by atoms with E-state index in [4.69, 9.17) is 4.74 Å². The van der Waals surface area contributed by atoms with Gasteiger partial charge in [-0.15, -0.1) is 0 Å². The third kappa shape index (κ3) is 3.71. The van der Waals surface area contributed by atoms with E-state index in [1.807, 2.05) is 0 Å². The monoisotopic (exact) mass is 253 g/mol. The highest BCUT2D eigenvalue weighted by Crippen LogP contribution is 2.24. The topological polar surface area (TPSA) is 29.5 Å². The van der Waals surface area contributed by atoms with Gasteiger partial charge in [-0.05, 0) is 38.0 Å². The van der Waals surface area contributed by atoms with Gasteiger partial charge in [-0.2, -0.15) is 0 Å². The highest BCUT2D eigenvalue weighted by molar-refractivity contribution is 5.79. The smallest absolute Gasteiger partial charge is 0.228 e. The van der Waals surface area contributed by atoms with E-state index >= 15 is 0 Å². The van der Waals surface area contributed by atoms with E-state index in [1.165, 1.54) is 32.1 Å². The van der Waals surface area contributed by atoms with Crippen molar-refractivity contribution in [2.45, 2.75) is 51.9 Å². The maximum absolute atomic E-state index is 12.4. The second kappa shape index (κ2) is 7.13. The van der Waals surface area contributed by atoms with Crippen LogP contribution < -0.4 is 0 Å². The number of hydrogen-bond donors (Lipinski definition) is 0. The SMILES string of the molecule is CCCC1CCCN(C(=O)C2CCCOC2)CC1. The Morgan fingerprint density at radius 3 is 2.83 bits per heavy atom. The lowest BCUT2D eigenvalue weighted by Crippen LogP contribution is -2.40. The minimum absolute atomic E-state index is 0.140. The van der Waals surface area contributed by atoms with Gasteiger partial charge in [0.05, 0.1) is 12.5 Å². The molecule has 3 nitrogen and oxygen atoms in total. The first-order valence-corrected chi connectivity index (χ1v) is 7.67. The molecule has 0 saturated carbocycles. The predicted octanol–water partition coefficient (Wildman–Crippen LogP) is 2.84. The fraction of sp³-hybridized carbons (Fsp3) is 0.933.